The van der Waals surface area contributed by atoms with Crippen molar-refractivity contribution >= 4 is 11.9 Å². The number of ether oxygens (including phenoxy) is 1. The van der Waals surface area contributed by atoms with Gasteiger partial charge in [-0.2, -0.15) is 0 Å². The normalized spacial score (nSPS) is 10.6. The lowest BCUT2D eigenvalue weighted by atomic mass is 10.1. The van der Waals surface area contributed by atoms with E-state index < -0.39 is 12.0 Å². The molecule has 0 spiro atoms. The number of quaternary nitrogens is 1. The third kappa shape index (κ3) is 9.71. The van der Waals surface area contributed by atoms with Crippen LogP contribution in [0.15, 0.2) is 5.11 Å². The van der Waals surface area contributed by atoms with Crippen molar-refractivity contribution in [3.8, 4) is 0 Å². The number of esters is 1. The maximum atomic E-state index is 11.3. The summed E-state index contributed by atoms with van der Waals surface area (Å²) in [5, 5.41) is 5.99. The van der Waals surface area contributed by atoms with E-state index in [9.17, 15) is 9.59 Å². The molecule has 0 saturated heterocycles. The highest BCUT2D eigenvalue weighted by Crippen LogP contribution is 1.95. The van der Waals surface area contributed by atoms with Crippen LogP contribution in [0, 0.1) is 0 Å². The number of halogens is 1. The summed E-state index contributed by atoms with van der Waals surface area (Å²) in [5.74, 6) is -0.565. The van der Waals surface area contributed by atoms with Crippen LogP contribution in [0.5, 0.6) is 0 Å². The van der Waals surface area contributed by atoms with Gasteiger partial charge in [0.25, 0.3) is 0 Å². The zero-order chi connectivity index (χ0) is 13.1. The van der Waals surface area contributed by atoms with Crippen LogP contribution in [-0.2, 0) is 14.3 Å². The van der Waals surface area contributed by atoms with E-state index in [-0.39, 0.29) is 24.7 Å². The molecule has 0 aliphatic rings. The molecular formula is C9H18ClN5O3. The van der Waals surface area contributed by atoms with E-state index in [0.717, 1.165) is 0 Å². The summed E-state index contributed by atoms with van der Waals surface area (Å²) in [6.45, 7) is 0.814. The number of nitrogens with zero attached hydrogens (tertiary/aromatic N) is 3. The molecule has 0 aromatic carbocycles. The van der Waals surface area contributed by atoms with Gasteiger partial charge < -0.3 is 28.2 Å². The zero-order valence-electron chi connectivity index (χ0n) is 10.3. The number of carbonyl (C=O) groups excluding carboxylic acids is 2. The molecule has 0 aliphatic carbocycles. The maximum absolute atomic E-state index is 11.3. The molecule has 0 radical (unpaired) electrons. The smallest absolute Gasteiger partial charge is 0.364 e. The van der Waals surface area contributed by atoms with Gasteiger partial charge in [0.05, 0.1) is 7.11 Å². The molecule has 0 aromatic heterocycles. The van der Waals surface area contributed by atoms with Crippen LogP contribution in [0.25, 0.3) is 10.4 Å². The molecule has 0 rings (SSSR count). The van der Waals surface area contributed by atoms with E-state index in [1.807, 2.05) is 0 Å². The van der Waals surface area contributed by atoms with Crippen LogP contribution < -0.4 is 23.5 Å². The van der Waals surface area contributed by atoms with E-state index in [2.05, 4.69) is 25.8 Å². The molecule has 104 valence electrons. The lowest BCUT2D eigenvalue weighted by Crippen LogP contribution is -3.00. The number of azide groups is 1. The Morgan fingerprint density at radius 1 is 1.56 bits per heavy atom. The van der Waals surface area contributed by atoms with Crippen molar-refractivity contribution in [2.75, 3.05) is 20.2 Å². The summed E-state index contributed by atoms with van der Waals surface area (Å²) in [6.07, 6.45) is 1.18. The lowest BCUT2D eigenvalue weighted by molar-refractivity contribution is -0.409. The van der Waals surface area contributed by atoms with Gasteiger partial charge in [0, 0.05) is 30.8 Å². The van der Waals surface area contributed by atoms with Gasteiger partial charge in [0.2, 0.25) is 5.91 Å². The van der Waals surface area contributed by atoms with Crippen molar-refractivity contribution in [2.45, 2.75) is 25.3 Å². The van der Waals surface area contributed by atoms with Crippen molar-refractivity contribution in [1.29, 1.82) is 0 Å². The van der Waals surface area contributed by atoms with Crippen LogP contribution >= 0.6 is 0 Å². The first-order valence-electron chi connectivity index (χ1n) is 5.30. The number of hydrogen-bond acceptors (Lipinski definition) is 4. The van der Waals surface area contributed by atoms with Gasteiger partial charge in [-0.1, -0.05) is 5.11 Å². The number of amides is 1. The van der Waals surface area contributed by atoms with Crippen LogP contribution in [0.1, 0.15) is 19.3 Å². The van der Waals surface area contributed by atoms with Gasteiger partial charge in [0.15, 0.2) is 6.04 Å². The summed E-state index contributed by atoms with van der Waals surface area (Å²) in [4.78, 5) is 24.9. The second-order valence-corrected chi connectivity index (χ2v) is 3.42. The van der Waals surface area contributed by atoms with Gasteiger partial charge in [-0.05, 0) is 12.0 Å². The first kappa shape index (κ1) is 18.9. The third-order valence-corrected chi connectivity index (χ3v) is 2.07. The molecular weight excluding hydrogens is 262 g/mol. The fraction of sp³-hybridized carbons (Fsp3) is 0.778. The molecule has 0 aromatic rings. The van der Waals surface area contributed by atoms with Gasteiger partial charge in [-0.25, -0.2) is 4.79 Å². The second kappa shape index (κ2) is 12.0. The predicted molar refractivity (Wildman–Crippen MR) is 59.6 cm³/mol. The fourth-order valence-corrected chi connectivity index (χ4v) is 1.10. The Morgan fingerprint density at radius 3 is 2.78 bits per heavy atom. The Morgan fingerprint density at radius 2 is 2.22 bits per heavy atom. The van der Waals surface area contributed by atoms with Crippen molar-refractivity contribution < 1.29 is 32.5 Å². The first-order chi connectivity index (χ1) is 8.11. The third-order valence-electron chi connectivity index (χ3n) is 2.07. The van der Waals surface area contributed by atoms with Crippen LogP contribution in [-0.4, -0.2) is 38.1 Å². The standard InChI is InChI=1S/C9H17N5O3.ClH/c1-17-9(16)7(10)3-4-8(15)12-5-2-6-13-14-11;/h7H,2-6,10H2,1H3,(H,12,15);1H. The molecule has 0 saturated carbocycles. The van der Waals surface area contributed by atoms with Crippen LogP contribution in [0.4, 0.5) is 0 Å². The summed E-state index contributed by atoms with van der Waals surface area (Å²) in [5.41, 5.74) is 11.6. The van der Waals surface area contributed by atoms with E-state index in [1.165, 1.54) is 7.11 Å². The van der Waals surface area contributed by atoms with Crippen molar-refractivity contribution in [2.24, 2.45) is 5.11 Å². The average molecular weight is 280 g/mol. The molecule has 1 unspecified atom stereocenters. The average Bonchev–Trinajstić information content (AvgIpc) is 2.34. The molecule has 9 heteroatoms. The summed E-state index contributed by atoms with van der Waals surface area (Å²) >= 11 is 0. The van der Waals surface area contributed by atoms with Gasteiger partial charge in [0.1, 0.15) is 0 Å². The number of carbonyl (C=O) groups is 2. The first-order valence-corrected chi connectivity index (χ1v) is 5.30. The van der Waals surface area contributed by atoms with Crippen molar-refractivity contribution in [3.63, 3.8) is 0 Å². The summed E-state index contributed by atoms with van der Waals surface area (Å²) in [7, 11) is 1.29. The van der Waals surface area contributed by atoms with Gasteiger partial charge in [-0.15, -0.1) is 0 Å². The summed E-state index contributed by atoms with van der Waals surface area (Å²) in [6, 6.07) is -0.520. The Bertz CT molecular complexity index is 307. The number of nitrogens with one attached hydrogen (secondary N) is 1. The van der Waals surface area contributed by atoms with Gasteiger partial charge in [-0.3, -0.25) is 4.79 Å². The highest BCUT2D eigenvalue weighted by molar-refractivity contribution is 5.78. The Labute approximate surface area is 111 Å². The minimum absolute atomic E-state index is 0. The van der Waals surface area contributed by atoms with E-state index in [0.29, 0.717) is 25.9 Å². The maximum Gasteiger partial charge on any atom is 0.364 e. The molecule has 4 N–H and O–H groups in total. The number of rotatable bonds is 8. The Hall–Kier alpha value is -1.50. The monoisotopic (exact) mass is 279 g/mol. The Kier molecular flexibility index (Phi) is 12.5. The van der Waals surface area contributed by atoms with Crippen LogP contribution in [0.2, 0.25) is 0 Å². The molecule has 0 bridgehead atoms. The predicted octanol–water partition coefficient (Wildman–Crippen LogP) is -3.63. The van der Waals surface area contributed by atoms with Crippen molar-refractivity contribution in [3.05, 3.63) is 10.4 Å². The number of hydrogen-bond donors (Lipinski definition) is 2. The van der Waals surface area contributed by atoms with E-state index in [1.54, 1.807) is 0 Å². The molecule has 0 aliphatic heterocycles. The fourth-order valence-electron chi connectivity index (χ4n) is 1.10. The van der Waals surface area contributed by atoms with E-state index in [4.69, 9.17) is 5.53 Å². The highest BCUT2D eigenvalue weighted by Gasteiger charge is 2.18. The topological polar surface area (TPSA) is 132 Å². The van der Waals surface area contributed by atoms with Crippen molar-refractivity contribution in [1.82, 2.24) is 5.32 Å². The Balaban J connectivity index is 0. The highest BCUT2D eigenvalue weighted by atomic mass is 35.5. The summed E-state index contributed by atoms with van der Waals surface area (Å²) < 4.78 is 4.49. The van der Waals surface area contributed by atoms with Crippen LogP contribution in [0.3, 0.4) is 0 Å². The molecule has 8 nitrogen and oxygen atoms in total. The van der Waals surface area contributed by atoms with E-state index >= 15 is 0 Å². The molecule has 18 heavy (non-hydrogen) atoms. The molecule has 1 amide bonds. The second-order valence-electron chi connectivity index (χ2n) is 3.42. The van der Waals surface area contributed by atoms with Gasteiger partial charge >= 0.3 is 5.97 Å². The molecule has 0 heterocycles. The quantitative estimate of drug-likeness (QED) is 0.156. The number of methoxy groups -OCH3 is 1. The minimum atomic E-state index is -0.520. The minimum Gasteiger partial charge on any atom is -1.00 e. The lowest BCUT2D eigenvalue weighted by Gasteiger charge is -2.06. The zero-order valence-corrected chi connectivity index (χ0v) is 11.0. The molecule has 0 fully saturated rings. The largest absolute Gasteiger partial charge is 1.00 e. The SMILES string of the molecule is COC(=O)C([NH3+])CCC(=O)NCCCN=[N+]=[N-].[Cl-]. The molecule has 1 atom stereocenters.